The summed E-state index contributed by atoms with van der Waals surface area (Å²) in [5.74, 6) is -0.364. The summed E-state index contributed by atoms with van der Waals surface area (Å²) in [5, 5.41) is 2.70. The molecule has 1 aliphatic heterocycles. The zero-order valence-electron chi connectivity index (χ0n) is 8.95. The maximum Gasteiger partial charge on any atom is 0.296 e. The van der Waals surface area contributed by atoms with E-state index >= 15 is 0 Å². The van der Waals surface area contributed by atoms with Gasteiger partial charge >= 0.3 is 0 Å². The van der Waals surface area contributed by atoms with Crippen molar-refractivity contribution in [2.75, 3.05) is 5.32 Å². The molecule has 0 saturated heterocycles. The first kappa shape index (κ1) is 9.58. The Balaban J connectivity index is 2.08. The lowest BCUT2D eigenvalue weighted by molar-refractivity contribution is -0.112. The van der Waals surface area contributed by atoms with Gasteiger partial charge in [-0.15, -0.1) is 0 Å². The van der Waals surface area contributed by atoms with Crippen LogP contribution in [-0.2, 0) is 4.79 Å². The van der Waals surface area contributed by atoms with Crippen LogP contribution in [0.15, 0.2) is 18.2 Å². The van der Waals surface area contributed by atoms with Crippen LogP contribution in [0.1, 0.15) is 47.5 Å². The first-order chi connectivity index (χ1) is 7.77. The van der Waals surface area contributed by atoms with Crippen molar-refractivity contribution in [1.29, 1.82) is 0 Å². The number of carbonyl (C=O) groups is 2. The molecule has 3 heteroatoms. The summed E-state index contributed by atoms with van der Waals surface area (Å²) in [6, 6.07) is 5.65. The van der Waals surface area contributed by atoms with E-state index in [2.05, 4.69) is 5.32 Å². The second-order valence-corrected chi connectivity index (χ2v) is 4.53. The number of benzene rings is 1. The third kappa shape index (κ3) is 1.28. The Hall–Kier alpha value is -1.64. The molecule has 1 saturated carbocycles. The van der Waals surface area contributed by atoms with Gasteiger partial charge in [-0.05, 0) is 30.4 Å². The molecule has 16 heavy (non-hydrogen) atoms. The Bertz CT molecular complexity index is 473. The van der Waals surface area contributed by atoms with Gasteiger partial charge in [0.05, 0.1) is 11.3 Å². The number of carbonyl (C=O) groups excluding carboxylic acids is 2. The highest BCUT2D eigenvalue weighted by atomic mass is 16.2. The number of hydrogen-bond acceptors (Lipinski definition) is 2. The smallest absolute Gasteiger partial charge is 0.296 e. The van der Waals surface area contributed by atoms with Crippen LogP contribution in [0, 0.1) is 0 Å². The number of nitrogens with one attached hydrogen (secondary N) is 1. The third-order valence-corrected chi connectivity index (χ3v) is 3.58. The Morgan fingerprint density at radius 2 is 1.88 bits per heavy atom. The highest BCUT2D eigenvalue weighted by Crippen LogP contribution is 2.40. The number of anilines is 1. The molecule has 1 aromatic carbocycles. The van der Waals surface area contributed by atoms with Crippen LogP contribution in [0.3, 0.4) is 0 Å². The quantitative estimate of drug-likeness (QED) is 0.731. The van der Waals surface area contributed by atoms with Crippen molar-refractivity contribution in [3.63, 3.8) is 0 Å². The van der Waals surface area contributed by atoms with Crippen molar-refractivity contribution >= 4 is 17.4 Å². The standard InChI is InChI=1S/C13H13NO2/c15-12-10-7-3-6-9(8-4-1-2-5-8)11(10)14-13(12)16/h3,6-8H,1-2,4-5H2,(H,14,15,16). The molecule has 82 valence electrons. The van der Waals surface area contributed by atoms with Crippen LogP contribution in [-0.4, -0.2) is 11.7 Å². The third-order valence-electron chi connectivity index (χ3n) is 3.58. The second-order valence-electron chi connectivity index (χ2n) is 4.53. The monoisotopic (exact) mass is 215 g/mol. The molecule has 3 nitrogen and oxygen atoms in total. The Kier molecular flexibility index (Phi) is 2.06. The molecule has 0 bridgehead atoms. The van der Waals surface area contributed by atoms with Crippen LogP contribution < -0.4 is 5.32 Å². The summed E-state index contributed by atoms with van der Waals surface area (Å²) in [5.41, 5.74) is 2.47. The Labute approximate surface area is 93.8 Å². The molecular weight excluding hydrogens is 202 g/mol. The van der Waals surface area contributed by atoms with Crippen LogP contribution in [0.5, 0.6) is 0 Å². The molecular formula is C13H13NO2. The summed E-state index contributed by atoms with van der Waals surface area (Å²) >= 11 is 0. The minimum Gasteiger partial charge on any atom is -0.318 e. The highest BCUT2D eigenvalue weighted by molar-refractivity contribution is 6.51. The lowest BCUT2D eigenvalue weighted by atomic mass is 9.94. The Morgan fingerprint density at radius 3 is 2.62 bits per heavy atom. The van der Waals surface area contributed by atoms with Crippen molar-refractivity contribution in [1.82, 2.24) is 0 Å². The van der Waals surface area contributed by atoms with E-state index in [0.717, 1.165) is 11.3 Å². The van der Waals surface area contributed by atoms with Crippen LogP contribution in [0.25, 0.3) is 0 Å². The SMILES string of the molecule is O=C1Nc2c(cccc2C2CCCC2)C1=O. The van der Waals surface area contributed by atoms with E-state index in [1.807, 2.05) is 12.1 Å². The van der Waals surface area contributed by atoms with E-state index in [9.17, 15) is 9.59 Å². The van der Waals surface area contributed by atoms with E-state index in [0.29, 0.717) is 11.5 Å². The predicted octanol–water partition coefficient (Wildman–Crippen LogP) is 2.48. The lowest BCUT2D eigenvalue weighted by Crippen LogP contribution is -2.12. The normalized spacial score (nSPS) is 20.0. The number of Topliss-reactive ketones (excluding diaryl/α,β-unsaturated/α-hetero) is 1. The maximum absolute atomic E-state index is 11.6. The minimum absolute atomic E-state index is 0.394. The maximum atomic E-state index is 11.6. The van der Waals surface area contributed by atoms with Gasteiger partial charge in [-0.1, -0.05) is 25.0 Å². The molecule has 1 aliphatic carbocycles. The van der Waals surface area contributed by atoms with Crippen molar-refractivity contribution in [3.05, 3.63) is 29.3 Å². The number of para-hydroxylation sites is 1. The van der Waals surface area contributed by atoms with Gasteiger partial charge in [0.15, 0.2) is 0 Å². The fourth-order valence-electron chi connectivity index (χ4n) is 2.77. The summed E-state index contributed by atoms with van der Waals surface area (Å²) in [4.78, 5) is 22.9. The molecule has 1 heterocycles. The molecule has 2 aliphatic rings. The van der Waals surface area contributed by atoms with Gasteiger partial charge in [-0.3, -0.25) is 9.59 Å². The number of fused-ring (bicyclic) bond motifs is 1. The predicted molar refractivity (Wildman–Crippen MR) is 60.6 cm³/mol. The summed E-state index contributed by atoms with van der Waals surface area (Å²) in [7, 11) is 0. The highest BCUT2D eigenvalue weighted by Gasteiger charge is 2.32. The lowest BCUT2D eigenvalue weighted by Gasteiger charge is -2.13. The molecule has 1 aromatic rings. The van der Waals surface area contributed by atoms with Gasteiger partial charge in [-0.25, -0.2) is 0 Å². The minimum atomic E-state index is -0.486. The van der Waals surface area contributed by atoms with Gasteiger partial charge in [0.2, 0.25) is 0 Å². The van der Waals surface area contributed by atoms with Crippen LogP contribution in [0.4, 0.5) is 5.69 Å². The van der Waals surface area contributed by atoms with Crippen LogP contribution >= 0.6 is 0 Å². The summed E-state index contributed by atoms with van der Waals surface area (Å²) < 4.78 is 0. The van der Waals surface area contributed by atoms with E-state index < -0.39 is 11.7 Å². The number of amides is 1. The fourth-order valence-corrected chi connectivity index (χ4v) is 2.77. The van der Waals surface area contributed by atoms with Crippen molar-refractivity contribution in [2.24, 2.45) is 0 Å². The number of rotatable bonds is 1. The number of hydrogen-bond donors (Lipinski definition) is 1. The topological polar surface area (TPSA) is 46.2 Å². The molecule has 0 unspecified atom stereocenters. The molecule has 0 radical (unpaired) electrons. The first-order valence-corrected chi connectivity index (χ1v) is 5.76. The first-order valence-electron chi connectivity index (χ1n) is 5.76. The zero-order valence-corrected chi connectivity index (χ0v) is 8.95. The summed E-state index contributed by atoms with van der Waals surface area (Å²) in [6.07, 6.45) is 4.83. The number of ketones is 1. The van der Waals surface area contributed by atoms with Crippen molar-refractivity contribution in [3.8, 4) is 0 Å². The molecule has 1 amide bonds. The van der Waals surface area contributed by atoms with Gasteiger partial charge in [-0.2, -0.15) is 0 Å². The molecule has 3 rings (SSSR count). The van der Waals surface area contributed by atoms with Crippen LogP contribution in [0.2, 0.25) is 0 Å². The zero-order chi connectivity index (χ0) is 11.1. The van der Waals surface area contributed by atoms with E-state index in [-0.39, 0.29) is 0 Å². The van der Waals surface area contributed by atoms with Crippen molar-refractivity contribution in [2.45, 2.75) is 31.6 Å². The molecule has 0 atom stereocenters. The average Bonchev–Trinajstić information content (AvgIpc) is 2.89. The largest absolute Gasteiger partial charge is 0.318 e. The van der Waals surface area contributed by atoms with Gasteiger partial charge in [0.1, 0.15) is 0 Å². The van der Waals surface area contributed by atoms with Gasteiger partial charge in [0.25, 0.3) is 11.7 Å². The molecule has 0 aromatic heterocycles. The molecule has 0 spiro atoms. The Morgan fingerprint density at radius 1 is 1.12 bits per heavy atom. The van der Waals surface area contributed by atoms with E-state index in [1.165, 1.54) is 25.7 Å². The summed E-state index contributed by atoms with van der Waals surface area (Å²) in [6.45, 7) is 0. The van der Waals surface area contributed by atoms with E-state index in [4.69, 9.17) is 0 Å². The average molecular weight is 215 g/mol. The molecule has 1 fully saturated rings. The second kappa shape index (κ2) is 3.44. The van der Waals surface area contributed by atoms with E-state index in [1.54, 1.807) is 6.07 Å². The van der Waals surface area contributed by atoms with Gasteiger partial charge < -0.3 is 5.32 Å². The molecule has 1 N–H and O–H groups in total. The van der Waals surface area contributed by atoms with Gasteiger partial charge in [0, 0.05) is 0 Å². The fraction of sp³-hybridized carbons (Fsp3) is 0.385. The van der Waals surface area contributed by atoms with Crippen molar-refractivity contribution < 1.29 is 9.59 Å².